The molecular formula is C15H22NNa3O17S2. The van der Waals surface area contributed by atoms with Crippen LogP contribution in [0.2, 0.25) is 0 Å². The van der Waals surface area contributed by atoms with Gasteiger partial charge < -0.3 is 54.6 Å². The molecule has 23 heteroatoms. The van der Waals surface area contributed by atoms with Crippen molar-refractivity contribution in [1.82, 2.24) is 5.32 Å². The Bertz CT molecular complexity index is 843. The third-order valence-corrected chi connectivity index (χ3v) is 5.82. The molecule has 2 aliphatic heterocycles. The van der Waals surface area contributed by atoms with E-state index in [0.717, 1.165) is 6.92 Å². The SMILES string of the molecule is CC(=O)NC1[C@H](C)OC(COS(=O)(=O)[O-])[C@H](OSOO[O-])[C@@H]1O[C@@H]1OC(C(=O)[O-])[C@H](O)[C@H](O)C1O.[Na+].[Na+].[Na+]. The fraction of sp³-hybridized carbons (Fsp3) is 0.867. The van der Waals surface area contributed by atoms with Gasteiger partial charge in [0.15, 0.2) is 18.6 Å². The average molecular weight is 621 g/mol. The van der Waals surface area contributed by atoms with E-state index in [0.29, 0.717) is 0 Å². The first kappa shape index (κ1) is 41.9. The van der Waals surface area contributed by atoms with Gasteiger partial charge in [-0.15, -0.1) is 4.33 Å². The molecule has 2 heterocycles. The van der Waals surface area contributed by atoms with Crippen LogP contribution in [-0.4, -0.2) is 108 Å². The first-order valence-electron chi connectivity index (χ1n) is 9.64. The molecule has 2 fully saturated rings. The van der Waals surface area contributed by atoms with E-state index in [9.17, 15) is 48.2 Å². The molecule has 0 aromatic rings. The summed E-state index contributed by atoms with van der Waals surface area (Å²) in [5, 5.41) is 57.1. The first-order chi connectivity index (χ1) is 16.3. The van der Waals surface area contributed by atoms with Gasteiger partial charge in [0.05, 0.1) is 24.7 Å². The molecule has 2 rings (SSSR count). The zero-order valence-electron chi connectivity index (χ0n) is 20.9. The largest absolute Gasteiger partial charge is 1.00 e. The summed E-state index contributed by atoms with van der Waals surface area (Å²) in [6, 6.07) is -1.19. The van der Waals surface area contributed by atoms with Gasteiger partial charge in [-0.05, 0) is 6.92 Å². The van der Waals surface area contributed by atoms with Gasteiger partial charge in [0.1, 0.15) is 42.7 Å². The second kappa shape index (κ2) is 19.1. The molecule has 204 valence electrons. The van der Waals surface area contributed by atoms with Crippen LogP contribution in [0, 0.1) is 0 Å². The van der Waals surface area contributed by atoms with Gasteiger partial charge in [-0.3, -0.25) is 18.2 Å². The van der Waals surface area contributed by atoms with E-state index >= 15 is 0 Å². The molecule has 0 saturated carbocycles. The Labute approximate surface area is 287 Å². The number of rotatable bonds is 11. The predicted octanol–water partition coefficient (Wildman–Crippen LogP) is -15.1. The van der Waals surface area contributed by atoms with Gasteiger partial charge in [-0.25, -0.2) is 8.42 Å². The van der Waals surface area contributed by atoms with Crippen molar-refractivity contribution in [3.63, 3.8) is 0 Å². The number of carbonyl (C=O) groups is 2. The van der Waals surface area contributed by atoms with Crippen molar-refractivity contribution >= 4 is 34.6 Å². The summed E-state index contributed by atoms with van der Waals surface area (Å²) < 4.78 is 62.3. The third kappa shape index (κ3) is 12.2. The minimum atomic E-state index is -5.21. The number of nitrogens with one attached hydrogen (secondary N) is 1. The molecule has 4 unspecified atom stereocenters. The van der Waals surface area contributed by atoms with Gasteiger partial charge in [0, 0.05) is 6.92 Å². The molecule has 38 heavy (non-hydrogen) atoms. The zero-order valence-corrected chi connectivity index (χ0v) is 28.5. The minimum absolute atomic E-state index is 0. The maximum absolute atomic E-state index is 11.8. The minimum Gasteiger partial charge on any atom is -0.726 e. The van der Waals surface area contributed by atoms with Crippen LogP contribution in [0.25, 0.3) is 0 Å². The monoisotopic (exact) mass is 621 g/mol. The number of hydrogen-bond acceptors (Lipinski definition) is 18. The fourth-order valence-corrected chi connectivity index (χ4v) is 4.18. The van der Waals surface area contributed by atoms with E-state index in [1.54, 1.807) is 0 Å². The Hall–Kier alpha value is 1.76. The van der Waals surface area contributed by atoms with Crippen molar-refractivity contribution in [2.45, 2.75) is 75.0 Å². The summed E-state index contributed by atoms with van der Waals surface area (Å²) in [5.74, 6) is -2.58. The van der Waals surface area contributed by atoms with Crippen LogP contribution in [0.1, 0.15) is 13.8 Å². The number of aliphatic carboxylic acids is 1. The molecule has 0 aromatic heterocycles. The number of amides is 1. The van der Waals surface area contributed by atoms with Crippen molar-refractivity contribution in [3.8, 4) is 0 Å². The quantitative estimate of drug-likeness (QED) is 0.0317. The van der Waals surface area contributed by atoms with Crippen LogP contribution < -0.4 is 104 Å². The van der Waals surface area contributed by atoms with Gasteiger partial charge in [0.25, 0.3) is 0 Å². The molecule has 0 radical (unpaired) electrons. The maximum atomic E-state index is 11.8. The van der Waals surface area contributed by atoms with Crippen LogP contribution in [0.3, 0.4) is 0 Å². The van der Waals surface area contributed by atoms with E-state index < -0.39 is 90.0 Å². The third-order valence-electron chi connectivity index (χ3n) is 4.99. The van der Waals surface area contributed by atoms with Crippen molar-refractivity contribution in [3.05, 3.63) is 0 Å². The summed E-state index contributed by atoms with van der Waals surface area (Å²) in [5.41, 5.74) is 0. The van der Waals surface area contributed by atoms with E-state index in [4.69, 9.17) is 18.4 Å². The molecule has 10 atom stereocenters. The Kier molecular flexibility index (Phi) is 21.1. The van der Waals surface area contributed by atoms with Crippen LogP contribution in [0.5, 0.6) is 0 Å². The molecule has 0 spiro atoms. The molecule has 0 aromatic carbocycles. The van der Waals surface area contributed by atoms with Crippen LogP contribution in [-0.2, 0) is 51.9 Å². The maximum Gasteiger partial charge on any atom is 1.00 e. The molecule has 18 nitrogen and oxygen atoms in total. The Balaban J connectivity index is 0. The van der Waals surface area contributed by atoms with E-state index in [2.05, 4.69) is 18.9 Å². The standard InChI is InChI=1S/C15H25NO17S2.3Na/c1-4-7(16-5(2)17)12(29-15-10(20)8(18)9(19)13(30-15)14(21)22)11(31-34-33-32-23)6(28-4)3-27-35(24,25)26;;;/h4,6-13,15,18-20,23H,3H2,1-2H3,(H,16,17)(H,21,22)(H,24,25,26);;;/q;3*+1/p-3/t4-,6?,7?,8-,9+,10?,11-,12+,13?,15+;;;/m0.../s1. The molecular weight excluding hydrogens is 599 g/mol. The Morgan fingerprint density at radius 1 is 1.05 bits per heavy atom. The molecule has 2 saturated heterocycles. The molecule has 1 amide bonds. The van der Waals surface area contributed by atoms with Crippen LogP contribution in [0.4, 0.5) is 0 Å². The van der Waals surface area contributed by atoms with E-state index in [-0.39, 0.29) is 101 Å². The van der Waals surface area contributed by atoms with Gasteiger partial charge >= 0.3 is 88.7 Å². The Morgan fingerprint density at radius 2 is 1.66 bits per heavy atom. The normalized spacial score (nSPS) is 35.1. The Morgan fingerprint density at radius 3 is 2.16 bits per heavy atom. The topological polar surface area (TPSA) is 275 Å². The number of carboxylic acids is 1. The van der Waals surface area contributed by atoms with Crippen LogP contribution in [0.15, 0.2) is 0 Å². The first-order valence-corrected chi connectivity index (χ1v) is 11.6. The van der Waals surface area contributed by atoms with Crippen molar-refractivity contribution in [1.29, 1.82) is 0 Å². The number of ether oxygens (including phenoxy) is 3. The van der Waals surface area contributed by atoms with Gasteiger partial charge in [-0.1, -0.05) is 0 Å². The fourth-order valence-electron chi connectivity index (χ4n) is 3.50. The van der Waals surface area contributed by atoms with Crippen molar-refractivity contribution in [2.24, 2.45) is 0 Å². The summed E-state index contributed by atoms with van der Waals surface area (Å²) in [6.45, 7) is 1.54. The van der Waals surface area contributed by atoms with Crippen molar-refractivity contribution < 1.29 is 169 Å². The summed E-state index contributed by atoms with van der Waals surface area (Å²) >= 11 is -0.0954. The second-order valence-corrected chi connectivity index (χ2v) is 8.90. The molecule has 4 N–H and O–H groups in total. The number of carbonyl (C=O) groups excluding carboxylic acids is 2. The van der Waals surface area contributed by atoms with Gasteiger partial charge in [-0.2, -0.15) is 0 Å². The predicted molar refractivity (Wildman–Crippen MR) is 98.8 cm³/mol. The number of aliphatic hydroxyl groups is 3. The number of aliphatic hydroxyl groups excluding tert-OH is 3. The molecule has 0 aliphatic carbocycles. The molecule has 2 aliphatic rings. The zero-order chi connectivity index (χ0) is 26.5. The van der Waals surface area contributed by atoms with Gasteiger partial charge in [0.2, 0.25) is 16.3 Å². The van der Waals surface area contributed by atoms with E-state index in [1.165, 1.54) is 6.92 Å². The number of hydrogen-bond donors (Lipinski definition) is 4. The summed E-state index contributed by atoms with van der Waals surface area (Å²) in [4.78, 5) is 23.0. The van der Waals surface area contributed by atoms with Crippen molar-refractivity contribution in [2.75, 3.05) is 6.61 Å². The summed E-state index contributed by atoms with van der Waals surface area (Å²) in [6.07, 6.45) is -16.0. The average Bonchev–Trinajstić information content (AvgIpc) is 2.75. The summed E-state index contributed by atoms with van der Waals surface area (Å²) in [7, 11) is -5.21. The smallest absolute Gasteiger partial charge is 0.726 e. The second-order valence-electron chi connectivity index (χ2n) is 7.38. The molecule has 0 bridgehead atoms. The van der Waals surface area contributed by atoms with E-state index in [1.807, 2.05) is 0 Å². The van der Waals surface area contributed by atoms with Crippen LogP contribution >= 0.6 is 12.3 Å². The number of carboxylic acid groups (broad SMARTS) is 1.